The average Bonchev–Trinajstić information content (AvgIpc) is 2.98. The van der Waals surface area contributed by atoms with Crippen LogP contribution in [0.2, 0.25) is 0 Å². The van der Waals surface area contributed by atoms with E-state index in [1.807, 2.05) is 0 Å². The van der Waals surface area contributed by atoms with Crippen LogP contribution >= 0.6 is 15.9 Å². The molecule has 0 aromatic rings. The number of allylic oxidation sites excluding steroid dienone is 6. The van der Waals surface area contributed by atoms with Gasteiger partial charge in [0.2, 0.25) is 0 Å². The van der Waals surface area contributed by atoms with E-state index in [1.165, 1.54) is 89.9 Å². The van der Waals surface area contributed by atoms with Crippen LogP contribution in [-0.4, -0.2) is 16.9 Å². The lowest BCUT2D eigenvalue weighted by atomic mass is 9.87. The molecule has 0 rings (SSSR count). The molecule has 0 saturated carbocycles. The fraction of sp³-hybridized carbons (Fsp3) is 0.816. The highest BCUT2D eigenvalue weighted by molar-refractivity contribution is 9.10. The third kappa shape index (κ3) is 26.5. The number of carbonyl (C=O) groups is 1. The van der Waals surface area contributed by atoms with E-state index in [0.717, 1.165) is 64.2 Å². The Labute approximate surface area is 265 Å². The number of ether oxygens (including phenoxy) is 1. The fourth-order valence-electron chi connectivity index (χ4n) is 5.31. The zero-order valence-corrected chi connectivity index (χ0v) is 29.4. The summed E-state index contributed by atoms with van der Waals surface area (Å²) in [5.41, 5.74) is 0. The number of alkyl halides is 1. The van der Waals surface area contributed by atoms with E-state index >= 15 is 0 Å². The van der Waals surface area contributed by atoms with Crippen molar-refractivity contribution >= 4 is 21.9 Å². The van der Waals surface area contributed by atoms with Crippen molar-refractivity contribution in [3.8, 4) is 0 Å². The molecule has 0 spiro atoms. The Bertz CT molecular complexity index is 612. The van der Waals surface area contributed by atoms with Crippen molar-refractivity contribution in [2.75, 3.05) is 0 Å². The molecule has 0 fully saturated rings. The molecule has 0 aliphatic rings. The second kappa shape index (κ2) is 32.1. The maximum atomic E-state index is 13.1. The second-order valence-corrected chi connectivity index (χ2v) is 13.1. The van der Waals surface area contributed by atoms with E-state index in [1.54, 1.807) is 0 Å². The molecule has 240 valence electrons. The summed E-state index contributed by atoms with van der Waals surface area (Å²) in [5.74, 6) is 0.399. The zero-order valence-electron chi connectivity index (χ0n) is 27.9. The van der Waals surface area contributed by atoms with Crippen molar-refractivity contribution in [2.24, 2.45) is 5.92 Å². The molecule has 0 aliphatic carbocycles. The summed E-state index contributed by atoms with van der Waals surface area (Å²) in [7, 11) is 0. The van der Waals surface area contributed by atoms with Crippen molar-refractivity contribution in [1.29, 1.82) is 0 Å². The van der Waals surface area contributed by atoms with Gasteiger partial charge in [0.15, 0.2) is 0 Å². The molecule has 0 bridgehead atoms. The molecule has 3 heteroatoms. The fourth-order valence-corrected chi connectivity index (χ4v) is 5.74. The smallest absolute Gasteiger partial charge is 0.320 e. The van der Waals surface area contributed by atoms with E-state index < -0.39 is 0 Å². The summed E-state index contributed by atoms with van der Waals surface area (Å²) in [6.45, 7) is 8.97. The van der Waals surface area contributed by atoms with Gasteiger partial charge in [0.05, 0.1) is 0 Å². The highest BCUT2D eigenvalue weighted by Gasteiger charge is 2.27. The first-order valence-corrected chi connectivity index (χ1v) is 18.8. The molecule has 0 aliphatic heterocycles. The number of unbranched alkanes of at least 4 members (excludes halogenated alkanes) is 13. The highest BCUT2D eigenvalue weighted by atomic mass is 79.9. The number of hydrogen-bond donors (Lipinski definition) is 0. The quantitative estimate of drug-likeness (QED) is 0.0339. The highest BCUT2D eigenvalue weighted by Crippen LogP contribution is 2.28. The van der Waals surface area contributed by atoms with Gasteiger partial charge in [0.25, 0.3) is 0 Å². The normalized spacial score (nSPS) is 14.4. The van der Waals surface area contributed by atoms with E-state index in [9.17, 15) is 4.79 Å². The van der Waals surface area contributed by atoms with Gasteiger partial charge in [-0.25, -0.2) is 0 Å². The Kier molecular flexibility index (Phi) is 31.4. The predicted molar refractivity (Wildman–Crippen MR) is 187 cm³/mol. The molecule has 0 saturated heterocycles. The molecule has 0 radical (unpaired) electrons. The average molecular weight is 638 g/mol. The van der Waals surface area contributed by atoms with Gasteiger partial charge in [0.1, 0.15) is 10.9 Å². The van der Waals surface area contributed by atoms with Crippen LogP contribution < -0.4 is 0 Å². The monoisotopic (exact) mass is 636 g/mol. The zero-order chi connectivity index (χ0) is 30.2. The summed E-state index contributed by atoms with van der Waals surface area (Å²) in [5, 5.41) is 0. The molecule has 0 heterocycles. The van der Waals surface area contributed by atoms with Crippen LogP contribution in [0.25, 0.3) is 0 Å². The topological polar surface area (TPSA) is 26.3 Å². The lowest BCUT2D eigenvalue weighted by Crippen LogP contribution is -2.31. The Morgan fingerprint density at radius 1 is 0.512 bits per heavy atom. The number of halogens is 1. The van der Waals surface area contributed by atoms with E-state index in [0.29, 0.717) is 5.92 Å². The van der Waals surface area contributed by atoms with Crippen LogP contribution in [0.5, 0.6) is 0 Å². The molecule has 0 aromatic carbocycles. The first kappa shape index (κ1) is 40.2. The Balaban J connectivity index is 5.19. The second-order valence-electron chi connectivity index (χ2n) is 12.0. The number of carbonyl (C=O) groups excluding carboxylic acids is 1. The van der Waals surface area contributed by atoms with Gasteiger partial charge >= 0.3 is 5.97 Å². The summed E-state index contributed by atoms with van der Waals surface area (Å²) in [4.78, 5) is 12.9. The van der Waals surface area contributed by atoms with E-state index in [-0.39, 0.29) is 16.9 Å². The molecule has 0 amide bonds. The minimum Gasteiger partial charge on any atom is -0.461 e. The van der Waals surface area contributed by atoms with Gasteiger partial charge in [-0.1, -0.05) is 131 Å². The Morgan fingerprint density at radius 2 is 0.878 bits per heavy atom. The summed E-state index contributed by atoms with van der Waals surface area (Å²) in [6, 6.07) is 0. The molecule has 2 nitrogen and oxygen atoms in total. The minimum absolute atomic E-state index is 0.0275. The van der Waals surface area contributed by atoms with Gasteiger partial charge in [-0.05, 0) is 109 Å². The van der Waals surface area contributed by atoms with E-state index in [2.05, 4.69) is 80.1 Å². The number of esters is 1. The van der Waals surface area contributed by atoms with Crippen LogP contribution in [0.15, 0.2) is 36.5 Å². The van der Waals surface area contributed by atoms with Gasteiger partial charge in [-0.2, -0.15) is 0 Å². The minimum atomic E-state index is -0.179. The van der Waals surface area contributed by atoms with Crippen LogP contribution in [0.4, 0.5) is 0 Å². The Morgan fingerprint density at radius 3 is 1.27 bits per heavy atom. The van der Waals surface area contributed by atoms with Gasteiger partial charge in [-0.3, -0.25) is 4.79 Å². The maximum Gasteiger partial charge on any atom is 0.320 e. The molecule has 0 N–H and O–H groups in total. The molecule has 41 heavy (non-hydrogen) atoms. The largest absolute Gasteiger partial charge is 0.461 e. The van der Waals surface area contributed by atoms with Gasteiger partial charge < -0.3 is 4.74 Å². The molecular weight excluding hydrogens is 568 g/mol. The van der Waals surface area contributed by atoms with Crippen LogP contribution in [0.1, 0.15) is 182 Å². The van der Waals surface area contributed by atoms with Gasteiger partial charge in [-0.15, -0.1) is 0 Å². The van der Waals surface area contributed by atoms with Gasteiger partial charge in [0, 0.05) is 0 Å². The third-order valence-electron chi connectivity index (χ3n) is 8.03. The molecule has 3 atom stereocenters. The molecular formula is C38H69BrO2. The van der Waals surface area contributed by atoms with Crippen molar-refractivity contribution in [2.45, 2.75) is 193 Å². The van der Waals surface area contributed by atoms with E-state index in [4.69, 9.17) is 4.74 Å². The van der Waals surface area contributed by atoms with Crippen LogP contribution in [0.3, 0.4) is 0 Å². The van der Waals surface area contributed by atoms with Crippen LogP contribution in [-0.2, 0) is 9.53 Å². The predicted octanol–water partition coefficient (Wildman–Crippen LogP) is 13.4. The maximum absolute atomic E-state index is 13.1. The van der Waals surface area contributed by atoms with Crippen LogP contribution in [0, 0.1) is 5.92 Å². The molecule has 3 unspecified atom stereocenters. The standard InChI is InChI=1S/C38H69BrO2/c1-5-9-13-16-19-22-25-28-31-35(32-29-26-23-20-17-14-10-6-2)37(41-38(40)36(39)33-12-8-4)34-30-27-24-21-18-15-11-7-3/h19-24,35-37H,5-18,25-34H2,1-4H3/b22-19-,23-20?,24-21?. The van der Waals surface area contributed by atoms with Crippen molar-refractivity contribution in [3.05, 3.63) is 36.5 Å². The number of hydrogen-bond acceptors (Lipinski definition) is 2. The first-order valence-electron chi connectivity index (χ1n) is 17.9. The number of rotatable bonds is 30. The summed E-state index contributed by atoms with van der Waals surface area (Å²) < 4.78 is 6.33. The lowest BCUT2D eigenvalue weighted by molar-refractivity contribution is -0.152. The summed E-state index contributed by atoms with van der Waals surface area (Å²) >= 11 is 3.64. The van der Waals surface area contributed by atoms with Crippen molar-refractivity contribution in [1.82, 2.24) is 0 Å². The summed E-state index contributed by atoms with van der Waals surface area (Å²) in [6.07, 6.45) is 42.7. The lowest BCUT2D eigenvalue weighted by Gasteiger charge is -2.28. The third-order valence-corrected chi connectivity index (χ3v) is 8.87. The van der Waals surface area contributed by atoms with Crippen molar-refractivity contribution < 1.29 is 9.53 Å². The first-order chi connectivity index (χ1) is 20.1. The SMILES string of the molecule is CCCCCC=CCCCC(CCC/C=C\CCCCC)C(CCCC=CCCCCC)OC(=O)C(Br)CCCC. The van der Waals surface area contributed by atoms with Crippen molar-refractivity contribution in [3.63, 3.8) is 0 Å². The Hall–Kier alpha value is -0.830. The molecule has 0 aromatic heterocycles.